The van der Waals surface area contributed by atoms with Gasteiger partial charge in [0.25, 0.3) is 0 Å². The summed E-state index contributed by atoms with van der Waals surface area (Å²) in [5.74, 6) is -1.72. The minimum atomic E-state index is -1.21. The van der Waals surface area contributed by atoms with Crippen LogP contribution in [0.25, 0.3) is 6.08 Å². The fourth-order valence-electron chi connectivity index (χ4n) is 1.67. The van der Waals surface area contributed by atoms with Crippen LogP contribution < -0.4 is 4.90 Å². The van der Waals surface area contributed by atoms with E-state index in [1.807, 2.05) is 0 Å². The average molecular weight is 263 g/mol. The number of amides is 1. The van der Waals surface area contributed by atoms with E-state index in [1.165, 1.54) is 30.2 Å². The van der Waals surface area contributed by atoms with Crippen molar-refractivity contribution in [3.8, 4) is 0 Å². The van der Waals surface area contributed by atoms with E-state index >= 15 is 0 Å². The van der Waals surface area contributed by atoms with Gasteiger partial charge in [0, 0.05) is 18.3 Å². The molecular formula is C11H10BNO4S. The van der Waals surface area contributed by atoms with Crippen LogP contribution >= 0.6 is 11.3 Å². The Kier molecular flexibility index (Phi) is 3.08. The van der Waals surface area contributed by atoms with E-state index in [-0.39, 0.29) is 17.8 Å². The van der Waals surface area contributed by atoms with Crippen LogP contribution in [0.2, 0.25) is 0 Å². The molecule has 0 saturated heterocycles. The van der Waals surface area contributed by atoms with Gasteiger partial charge in [0.05, 0.1) is 5.00 Å². The Morgan fingerprint density at radius 1 is 1.50 bits per heavy atom. The third-order valence-corrected chi connectivity index (χ3v) is 3.99. The second-order valence-electron chi connectivity index (χ2n) is 4.02. The molecule has 0 saturated carbocycles. The molecule has 5 nitrogen and oxygen atoms in total. The maximum absolute atomic E-state index is 11.6. The van der Waals surface area contributed by atoms with Gasteiger partial charge in [0.15, 0.2) is 11.6 Å². The normalized spacial score (nSPS) is 13.8. The molecule has 2 rings (SSSR count). The second kappa shape index (κ2) is 4.42. The third-order valence-electron chi connectivity index (χ3n) is 2.79. The van der Waals surface area contributed by atoms with E-state index in [0.717, 1.165) is 10.4 Å². The molecule has 1 aliphatic carbocycles. The molecule has 1 aromatic heterocycles. The Labute approximate surface area is 108 Å². The lowest BCUT2D eigenvalue weighted by Crippen LogP contribution is -2.23. The molecule has 0 aliphatic heterocycles. The number of hydrogen-bond donors (Lipinski definition) is 1. The first kappa shape index (κ1) is 12.6. The maximum atomic E-state index is 11.6. The number of anilines is 1. The lowest BCUT2D eigenvalue weighted by atomic mass is 9.97. The number of thiophene rings is 1. The van der Waals surface area contributed by atoms with Crippen molar-refractivity contribution in [2.24, 2.45) is 0 Å². The van der Waals surface area contributed by atoms with Crippen LogP contribution in [-0.4, -0.2) is 37.6 Å². The van der Waals surface area contributed by atoms with Crippen LogP contribution in [0.4, 0.5) is 9.80 Å². The summed E-state index contributed by atoms with van der Waals surface area (Å²) in [5.41, 5.74) is 0.583. The standard InChI is InChI=1S/C11H10BNO4S/c1-13(11(12)17)9-3-5-2-7(14)6(10(15)16)4-8(5)18-9/h3-4H,2,12H2,1H3,(H,15,16). The summed E-state index contributed by atoms with van der Waals surface area (Å²) in [6.07, 6.45) is 1.46. The fraction of sp³-hybridized carbons (Fsp3) is 0.182. The van der Waals surface area contributed by atoms with Crippen LogP contribution in [0.3, 0.4) is 0 Å². The number of Topliss-reactive ketones (excluding diaryl/α,β-unsaturated/α-hetero) is 1. The zero-order chi connectivity index (χ0) is 13.4. The number of nitrogens with zero attached hydrogens (tertiary/aromatic N) is 1. The number of rotatable bonds is 2. The molecule has 18 heavy (non-hydrogen) atoms. The summed E-state index contributed by atoms with van der Waals surface area (Å²) in [5, 5.41) is 9.60. The first-order valence-corrected chi connectivity index (χ1v) is 6.07. The van der Waals surface area contributed by atoms with Crippen molar-refractivity contribution in [2.75, 3.05) is 11.9 Å². The summed E-state index contributed by atoms with van der Waals surface area (Å²) >= 11 is 1.31. The molecule has 0 radical (unpaired) electrons. The van der Waals surface area contributed by atoms with Gasteiger partial charge in [-0.1, -0.05) is 0 Å². The SMILES string of the molecule is BC(=O)N(C)c1cc2c(s1)C=C(C(=O)O)C(=O)C2. The Balaban J connectivity index is 2.43. The molecule has 1 heterocycles. The first-order valence-electron chi connectivity index (χ1n) is 5.25. The molecular weight excluding hydrogens is 253 g/mol. The van der Waals surface area contributed by atoms with Crippen molar-refractivity contribution in [3.05, 3.63) is 22.1 Å². The summed E-state index contributed by atoms with van der Waals surface area (Å²) in [6, 6.07) is 1.76. The molecule has 92 valence electrons. The molecule has 0 fully saturated rings. The Morgan fingerprint density at radius 2 is 2.17 bits per heavy atom. The predicted octanol–water partition coefficient (Wildman–Crippen LogP) is 0.531. The number of ketones is 1. The van der Waals surface area contributed by atoms with Crippen LogP contribution in [0, 0.1) is 0 Å². The molecule has 1 aromatic rings. The van der Waals surface area contributed by atoms with Crippen molar-refractivity contribution in [2.45, 2.75) is 6.42 Å². The molecule has 0 spiro atoms. The minimum Gasteiger partial charge on any atom is -0.478 e. The Bertz CT molecular complexity index is 590. The molecule has 1 N–H and O–H groups in total. The molecule has 0 aromatic carbocycles. The highest BCUT2D eigenvalue weighted by molar-refractivity contribution is 7.17. The van der Waals surface area contributed by atoms with Gasteiger partial charge >= 0.3 is 5.97 Å². The van der Waals surface area contributed by atoms with Crippen molar-refractivity contribution < 1.29 is 19.5 Å². The summed E-state index contributed by atoms with van der Waals surface area (Å²) in [6.45, 7) is 0. The van der Waals surface area contributed by atoms with Crippen molar-refractivity contribution in [3.63, 3.8) is 0 Å². The predicted molar refractivity (Wildman–Crippen MR) is 71.0 cm³/mol. The van der Waals surface area contributed by atoms with Crippen molar-refractivity contribution in [1.29, 1.82) is 0 Å². The highest BCUT2D eigenvalue weighted by Crippen LogP contribution is 2.34. The Hall–Kier alpha value is -1.89. The van der Waals surface area contributed by atoms with Gasteiger partial charge in [0.1, 0.15) is 5.57 Å². The zero-order valence-electron chi connectivity index (χ0n) is 9.89. The summed E-state index contributed by atoms with van der Waals surface area (Å²) < 4.78 is 0. The fourth-order valence-corrected chi connectivity index (χ4v) is 2.80. The highest BCUT2D eigenvalue weighted by atomic mass is 32.1. The lowest BCUT2D eigenvalue weighted by molar-refractivity contribution is -0.134. The minimum absolute atomic E-state index is 0.0791. The number of carboxylic acid groups (broad SMARTS) is 1. The third kappa shape index (κ3) is 2.09. The van der Waals surface area contributed by atoms with Gasteiger partial charge in [-0.2, -0.15) is 0 Å². The monoisotopic (exact) mass is 263 g/mol. The average Bonchev–Trinajstić information content (AvgIpc) is 2.68. The largest absolute Gasteiger partial charge is 0.478 e. The zero-order valence-corrected chi connectivity index (χ0v) is 10.7. The lowest BCUT2D eigenvalue weighted by Gasteiger charge is -2.11. The first-order chi connectivity index (χ1) is 8.40. The molecule has 1 aliphatic rings. The van der Waals surface area contributed by atoms with Crippen LogP contribution in [0.5, 0.6) is 0 Å². The summed E-state index contributed by atoms with van der Waals surface area (Å²) in [4.78, 5) is 35.9. The van der Waals surface area contributed by atoms with E-state index in [1.54, 1.807) is 13.1 Å². The molecule has 1 amide bonds. The van der Waals surface area contributed by atoms with Crippen molar-refractivity contribution in [1.82, 2.24) is 0 Å². The molecule has 7 heteroatoms. The molecule has 0 bridgehead atoms. The molecule has 0 atom stereocenters. The van der Waals surface area contributed by atoms with Gasteiger partial charge in [0.2, 0.25) is 7.85 Å². The van der Waals surface area contributed by atoms with E-state index < -0.39 is 11.8 Å². The number of carbonyl (C=O) groups is 3. The van der Waals surface area contributed by atoms with Gasteiger partial charge in [-0.05, 0) is 17.7 Å². The quantitative estimate of drug-likeness (QED) is 0.624. The van der Waals surface area contributed by atoms with Gasteiger partial charge < -0.3 is 10.0 Å². The van der Waals surface area contributed by atoms with E-state index in [0.29, 0.717) is 5.00 Å². The highest BCUT2D eigenvalue weighted by Gasteiger charge is 2.26. The van der Waals surface area contributed by atoms with E-state index in [4.69, 9.17) is 5.11 Å². The summed E-state index contributed by atoms with van der Waals surface area (Å²) in [7, 11) is 3.09. The van der Waals surface area contributed by atoms with E-state index in [2.05, 4.69) is 0 Å². The number of carbonyl (C=O) groups excluding carboxylic acids is 2. The van der Waals surface area contributed by atoms with Gasteiger partial charge in [-0.3, -0.25) is 9.59 Å². The number of aliphatic carboxylic acids is 1. The van der Waals surface area contributed by atoms with Crippen LogP contribution in [-0.2, 0) is 16.0 Å². The van der Waals surface area contributed by atoms with Gasteiger partial charge in [-0.15, -0.1) is 11.3 Å². The topological polar surface area (TPSA) is 74.7 Å². The maximum Gasteiger partial charge on any atom is 0.339 e. The second-order valence-corrected chi connectivity index (χ2v) is 5.08. The number of fused-ring (bicyclic) bond motifs is 1. The Morgan fingerprint density at radius 3 is 2.72 bits per heavy atom. The van der Waals surface area contributed by atoms with Gasteiger partial charge in [-0.25, -0.2) is 4.79 Å². The van der Waals surface area contributed by atoms with Crippen LogP contribution in [0.15, 0.2) is 11.6 Å². The number of carboxylic acids is 1. The smallest absolute Gasteiger partial charge is 0.339 e. The van der Waals surface area contributed by atoms with E-state index in [9.17, 15) is 14.4 Å². The number of hydrogen-bond acceptors (Lipinski definition) is 4. The van der Waals surface area contributed by atoms with Crippen LogP contribution in [0.1, 0.15) is 10.4 Å². The van der Waals surface area contributed by atoms with Crippen molar-refractivity contribution >= 4 is 47.8 Å². The molecule has 0 unspecified atom stereocenters.